The number of rotatable bonds is 14. The zero-order valence-electron chi connectivity index (χ0n) is 38.8. The van der Waals surface area contributed by atoms with E-state index >= 15 is 0 Å². The van der Waals surface area contributed by atoms with Crippen LogP contribution >= 0.6 is 0 Å². The number of methoxy groups -OCH3 is 1. The monoisotopic (exact) mass is 951 g/mol. The van der Waals surface area contributed by atoms with Crippen molar-refractivity contribution in [1.29, 1.82) is 0 Å². The maximum atomic E-state index is 12.4. The van der Waals surface area contributed by atoms with Gasteiger partial charge in [0.15, 0.2) is 24.7 Å². The molecular formula is C46H78O20. The SMILES string of the molecule is CO[C@]1(CC[C@@H](C)CO[C@@H]2O[C@H](CO)[C@@H](O)[C@H](O)[C@H]2O)O[C@H]2C[C@H]3[C@@H]4CC[C@@H]5C[C@@H](O[C@@H]6O[C@H](CO)[C@H](O)[C@H](O)[C@H]6O[C@@H]6O[C@H](CO)[C@@H](O)[C@H](O)[C@H]6O)CC[C@]5(C)[C@H]4C[C@@H](O)[C@]3(C)[C@H]2[C@@H]1C. The number of fused-ring (bicyclic) bond motifs is 7. The van der Waals surface area contributed by atoms with Crippen LogP contribution in [0.2, 0.25) is 0 Å². The molecule has 0 bridgehead atoms. The van der Waals surface area contributed by atoms with Crippen molar-refractivity contribution < 1.29 is 99.2 Å². The molecule has 4 heterocycles. The molecule has 4 aliphatic heterocycles. The first-order valence-corrected chi connectivity index (χ1v) is 24.3. The van der Waals surface area contributed by atoms with Gasteiger partial charge in [-0.05, 0) is 86.4 Å². The van der Waals surface area contributed by atoms with Gasteiger partial charge >= 0.3 is 0 Å². The van der Waals surface area contributed by atoms with Crippen LogP contribution in [0.15, 0.2) is 0 Å². The van der Waals surface area contributed by atoms with Crippen LogP contribution in [0.25, 0.3) is 0 Å². The molecule has 4 saturated heterocycles. The average molecular weight is 951 g/mol. The van der Waals surface area contributed by atoms with Crippen LogP contribution in [0.3, 0.4) is 0 Å². The van der Waals surface area contributed by atoms with Crippen molar-refractivity contribution in [2.24, 2.45) is 52.3 Å². The molecular weight excluding hydrogens is 872 g/mol. The third-order valence-corrected chi connectivity index (χ3v) is 18.4. The van der Waals surface area contributed by atoms with Crippen LogP contribution in [0.5, 0.6) is 0 Å². The van der Waals surface area contributed by atoms with E-state index in [1.54, 1.807) is 7.11 Å². The lowest BCUT2D eigenvalue weighted by atomic mass is 9.43. The second kappa shape index (κ2) is 20.0. The molecule has 382 valence electrons. The summed E-state index contributed by atoms with van der Waals surface area (Å²) in [5.41, 5.74) is -0.516. The van der Waals surface area contributed by atoms with E-state index in [1.807, 2.05) is 6.92 Å². The molecule has 8 fully saturated rings. The molecule has 0 unspecified atom stereocenters. The average Bonchev–Trinajstić information content (AvgIpc) is 3.77. The largest absolute Gasteiger partial charge is 0.394 e. The fraction of sp³-hybridized carbons (Fsp3) is 1.00. The van der Waals surface area contributed by atoms with E-state index in [4.69, 9.17) is 37.9 Å². The molecule has 0 amide bonds. The van der Waals surface area contributed by atoms with E-state index in [0.717, 1.165) is 25.7 Å². The Kier molecular flexibility index (Phi) is 15.6. The maximum Gasteiger partial charge on any atom is 0.187 e. The lowest BCUT2D eigenvalue weighted by molar-refractivity contribution is -0.373. The standard InChI is InChI=1S/C46H78O20/c1-19(18-60-41-38(57)35(54)32(51)27(15-47)62-41)8-11-46(59-5)20(2)31-26(66-46)13-25-23-7-6-21-12-22(9-10-44(21,3)24(23)14-30(50)45(25,31)4)61-43-40(37(56)34(53)29(17-49)64-43)65-42-39(58)36(55)33(52)28(16-48)63-42/h19-43,47-58H,6-18H2,1-5H3/t19-,20+,21-,22+,23-,24+,25+,26+,27-,28-,29-,30-,31+,32-,33-,34+,35+,36+,37+,38-,39-,40-,41-,42+,43-,44+,45-,46-/m1/s1. The van der Waals surface area contributed by atoms with Gasteiger partial charge in [0.1, 0.15) is 73.2 Å². The van der Waals surface area contributed by atoms with Gasteiger partial charge in [0.2, 0.25) is 0 Å². The van der Waals surface area contributed by atoms with E-state index in [0.29, 0.717) is 38.0 Å². The van der Waals surface area contributed by atoms with Gasteiger partial charge in [-0.2, -0.15) is 0 Å². The Morgan fingerprint density at radius 2 is 1.24 bits per heavy atom. The van der Waals surface area contributed by atoms with E-state index in [-0.39, 0.29) is 59.7 Å². The summed E-state index contributed by atoms with van der Waals surface area (Å²) in [5.74, 6) is 0.193. The maximum absolute atomic E-state index is 12.4. The van der Waals surface area contributed by atoms with Crippen LogP contribution < -0.4 is 0 Å². The second-order valence-corrected chi connectivity index (χ2v) is 21.7. The second-order valence-electron chi connectivity index (χ2n) is 21.7. The first-order valence-electron chi connectivity index (χ1n) is 24.3. The summed E-state index contributed by atoms with van der Waals surface area (Å²) in [5, 5.41) is 126. The molecule has 8 rings (SSSR count). The summed E-state index contributed by atoms with van der Waals surface area (Å²) in [6, 6.07) is 0. The van der Waals surface area contributed by atoms with Gasteiger partial charge in [0.05, 0.1) is 44.7 Å². The third kappa shape index (κ3) is 8.75. The summed E-state index contributed by atoms with van der Waals surface area (Å²) >= 11 is 0. The number of ether oxygens (including phenoxy) is 8. The summed E-state index contributed by atoms with van der Waals surface area (Å²) in [7, 11) is 1.67. The van der Waals surface area contributed by atoms with Crippen LogP contribution in [-0.2, 0) is 37.9 Å². The van der Waals surface area contributed by atoms with Crippen molar-refractivity contribution in [2.45, 2.75) is 202 Å². The molecule has 28 atom stereocenters. The quantitative estimate of drug-likeness (QED) is 0.0826. The third-order valence-electron chi connectivity index (χ3n) is 18.4. The number of aliphatic hydroxyl groups is 12. The van der Waals surface area contributed by atoms with Gasteiger partial charge in [-0.15, -0.1) is 0 Å². The minimum atomic E-state index is -1.77. The first kappa shape index (κ1) is 51.6. The highest BCUT2D eigenvalue weighted by Crippen LogP contribution is 2.71. The molecule has 66 heavy (non-hydrogen) atoms. The zero-order valence-corrected chi connectivity index (χ0v) is 38.8. The van der Waals surface area contributed by atoms with Crippen molar-refractivity contribution in [2.75, 3.05) is 33.5 Å². The lowest BCUT2D eigenvalue weighted by Crippen LogP contribution is -2.65. The lowest BCUT2D eigenvalue weighted by Gasteiger charge is -2.62. The Bertz CT molecular complexity index is 1610. The first-order chi connectivity index (χ1) is 31.3. The fourth-order valence-corrected chi connectivity index (χ4v) is 14.4. The van der Waals surface area contributed by atoms with Crippen molar-refractivity contribution in [3.63, 3.8) is 0 Å². The molecule has 0 radical (unpaired) electrons. The molecule has 0 aromatic rings. The van der Waals surface area contributed by atoms with Crippen LogP contribution in [0.1, 0.15) is 85.5 Å². The van der Waals surface area contributed by atoms with Gasteiger partial charge in [-0.3, -0.25) is 0 Å². The van der Waals surface area contributed by atoms with Crippen LogP contribution in [-0.4, -0.2) is 211 Å². The molecule has 0 aromatic carbocycles. The molecule has 4 aliphatic carbocycles. The predicted molar refractivity (Wildman–Crippen MR) is 225 cm³/mol. The van der Waals surface area contributed by atoms with Crippen LogP contribution in [0, 0.1) is 52.3 Å². The number of hydrogen-bond acceptors (Lipinski definition) is 20. The predicted octanol–water partition coefficient (Wildman–Crippen LogP) is -2.15. The Balaban J connectivity index is 0.897. The molecule has 12 N–H and O–H groups in total. The Morgan fingerprint density at radius 3 is 1.86 bits per heavy atom. The topological polar surface area (TPSA) is 317 Å². The molecule has 20 heteroatoms. The number of aliphatic hydroxyl groups excluding tert-OH is 12. The highest BCUT2D eigenvalue weighted by atomic mass is 16.8. The molecule has 0 aromatic heterocycles. The zero-order chi connectivity index (χ0) is 47.8. The molecule has 4 saturated carbocycles. The normalized spacial score (nSPS) is 55.4. The van der Waals surface area contributed by atoms with Gasteiger partial charge in [0, 0.05) is 30.8 Å². The van der Waals surface area contributed by atoms with Gasteiger partial charge in [0.25, 0.3) is 0 Å². The Labute approximate surface area is 386 Å². The Hall–Kier alpha value is -0.800. The van der Waals surface area contributed by atoms with Crippen molar-refractivity contribution in [3.8, 4) is 0 Å². The molecule has 20 nitrogen and oxygen atoms in total. The van der Waals surface area contributed by atoms with Crippen molar-refractivity contribution in [3.05, 3.63) is 0 Å². The van der Waals surface area contributed by atoms with E-state index < -0.39 is 129 Å². The van der Waals surface area contributed by atoms with Gasteiger partial charge in [-0.25, -0.2) is 0 Å². The highest BCUT2D eigenvalue weighted by molar-refractivity contribution is 5.18. The smallest absolute Gasteiger partial charge is 0.187 e. The molecule has 0 spiro atoms. The summed E-state index contributed by atoms with van der Waals surface area (Å²) in [6.45, 7) is 7.11. The van der Waals surface area contributed by atoms with E-state index in [2.05, 4.69) is 20.8 Å². The van der Waals surface area contributed by atoms with Gasteiger partial charge < -0.3 is 99.2 Å². The molecule has 8 aliphatic rings. The van der Waals surface area contributed by atoms with Crippen molar-refractivity contribution >= 4 is 0 Å². The van der Waals surface area contributed by atoms with Crippen LogP contribution in [0.4, 0.5) is 0 Å². The summed E-state index contributed by atoms with van der Waals surface area (Å²) < 4.78 is 48.6. The minimum Gasteiger partial charge on any atom is -0.394 e. The van der Waals surface area contributed by atoms with Gasteiger partial charge in [-0.1, -0.05) is 27.7 Å². The van der Waals surface area contributed by atoms with E-state index in [1.165, 1.54) is 0 Å². The Morgan fingerprint density at radius 1 is 0.652 bits per heavy atom. The minimum absolute atomic E-state index is 0.0279. The summed E-state index contributed by atoms with van der Waals surface area (Å²) in [6.07, 6.45) is -16.3. The van der Waals surface area contributed by atoms with Crippen molar-refractivity contribution in [1.82, 2.24) is 0 Å². The highest BCUT2D eigenvalue weighted by Gasteiger charge is 2.71. The fourth-order valence-electron chi connectivity index (χ4n) is 14.4. The number of hydrogen-bond donors (Lipinski definition) is 12. The van der Waals surface area contributed by atoms with E-state index in [9.17, 15) is 61.3 Å². The summed E-state index contributed by atoms with van der Waals surface area (Å²) in [4.78, 5) is 0.